The van der Waals surface area contributed by atoms with Gasteiger partial charge in [-0.05, 0) is 33.6 Å². The lowest BCUT2D eigenvalue weighted by atomic mass is 9.96. The molecule has 16 heavy (non-hydrogen) atoms. The van der Waals surface area contributed by atoms with Crippen molar-refractivity contribution in [2.45, 2.75) is 51.3 Å². The van der Waals surface area contributed by atoms with Crippen molar-refractivity contribution in [3.8, 4) is 0 Å². The monoisotopic (exact) mass is 269 g/mol. The van der Waals surface area contributed by atoms with Crippen molar-refractivity contribution in [2.24, 2.45) is 0 Å². The number of halogens is 1. The molecule has 0 aliphatic heterocycles. The molecule has 0 saturated heterocycles. The largest absolute Gasteiger partial charge is 0.310 e. The van der Waals surface area contributed by atoms with Crippen LogP contribution in [0, 0.1) is 0 Å². The van der Waals surface area contributed by atoms with Gasteiger partial charge in [0.05, 0.1) is 11.0 Å². The number of hydrogen-bond acceptors (Lipinski definition) is 3. The lowest BCUT2D eigenvalue weighted by Gasteiger charge is -2.29. The van der Waals surface area contributed by atoms with Crippen LogP contribution >= 0.6 is 11.6 Å². The predicted molar refractivity (Wildman–Crippen MR) is 71.0 cm³/mol. The SMILES string of the molecule is CCC(C)(CCCl)NCCS(=O)(=O)C(C)C. The van der Waals surface area contributed by atoms with E-state index in [0.717, 1.165) is 12.8 Å². The minimum Gasteiger partial charge on any atom is -0.310 e. The van der Waals surface area contributed by atoms with E-state index in [1.807, 2.05) is 0 Å². The standard InChI is InChI=1S/C11H24ClNO2S/c1-5-11(4,6-7-12)13-8-9-16(14,15)10(2)3/h10,13H,5-9H2,1-4H3. The molecular weight excluding hydrogens is 246 g/mol. The molecule has 0 saturated carbocycles. The Morgan fingerprint density at radius 2 is 1.94 bits per heavy atom. The van der Waals surface area contributed by atoms with E-state index < -0.39 is 9.84 Å². The second-order valence-electron chi connectivity index (χ2n) is 4.70. The van der Waals surface area contributed by atoms with Crippen LogP contribution in [0.1, 0.15) is 40.5 Å². The zero-order valence-electron chi connectivity index (χ0n) is 10.7. The molecule has 0 spiro atoms. The topological polar surface area (TPSA) is 46.2 Å². The average molecular weight is 270 g/mol. The fourth-order valence-corrected chi connectivity index (χ4v) is 2.60. The highest BCUT2D eigenvalue weighted by atomic mass is 35.5. The first-order chi connectivity index (χ1) is 7.27. The van der Waals surface area contributed by atoms with E-state index in [4.69, 9.17) is 11.6 Å². The van der Waals surface area contributed by atoms with E-state index in [-0.39, 0.29) is 16.5 Å². The lowest BCUT2D eigenvalue weighted by Crippen LogP contribution is -2.44. The molecule has 0 fully saturated rings. The van der Waals surface area contributed by atoms with Gasteiger partial charge in [-0.25, -0.2) is 8.42 Å². The van der Waals surface area contributed by atoms with Gasteiger partial charge in [0.25, 0.3) is 0 Å². The van der Waals surface area contributed by atoms with Gasteiger partial charge in [-0.1, -0.05) is 6.92 Å². The predicted octanol–water partition coefficient (Wildman–Crippen LogP) is 2.20. The van der Waals surface area contributed by atoms with E-state index >= 15 is 0 Å². The maximum Gasteiger partial charge on any atom is 0.153 e. The van der Waals surface area contributed by atoms with Crippen LogP contribution < -0.4 is 5.32 Å². The molecular formula is C11H24ClNO2S. The molecule has 0 aromatic carbocycles. The van der Waals surface area contributed by atoms with Crippen LogP contribution in [0.25, 0.3) is 0 Å². The molecule has 5 heteroatoms. The lowest BCUT2D eigenvalue weighted by molar-refractivity contribution is 0.342. The third-order valence-electron chi connectivity index (χ3n) is 3.08. The van der Waals surface area contributed by atoms with Gasteiger partial charge >= 0.3 is 0 Å². The van der Waals surface area contributed by atoms with Crippen molar-refractivity contribution in [3.63, 3.8) is 0 Å². The molecule has 1 unspecified atom stereocenters. The van der Waals surface area contributed by atoms with Gasteiger partial charge in [0.15, 0.2) is 9.84 Å². The highest BCUT2D eigenvalue weighted by Crippen LogP contribution is 2.15. The molecule has 0 aromatic rings. The maximum absolute atomic E-state index is 11.6. The molecule has 0 radical (unpaired) electrons. The average Bonchev–Trinajstić information content (AvgIpc) is 2.17. The van der Waals surface area contributed by atoms with E-state index in [2.05, 4.69) is 19.2 Å². The highest BCUT2D eigenvalue weighted by Gasteiger charge is 2.22. The quantitative estimate of drug-likeness (QED) is 0.687. The summed E-state index contributed by atoms with van der Waals surface area (Å²) in [4.78, 5) is 0. The maximum atomic E-state index is 11.6. The Labute approximate surface area is 105 Å². The van der Waals surface area contributed by atoms with Crippen molar-refractivity contribution in [3.05, 3.63) is 0 Å². The highest BCUT2D eigenvalue weighted by molar-refractivity contribution is 7.92. The van der Waals surface area contributed by atoms with Crippen LogP contribution in [0.5, 0.6) is 0 Å². The Kier molecular flexibility index (Phi) is 6.90. The summed E-state index contributed by atoms with van der Waals surface area (Å²) in [5.74, 6) is 0.789. The molecule has 0 aliphatic rings. The van der Waals surface area contributed by atoms with E-state index in [1.165, 1.54) is 0 Å². The van der Waals surface area contributed by atoms with Gasteiger partial charge in [-0.15, -0.1) is 11.6 Å². The molecule has 0 heterocycles. The summed E-state index contributed by atoms with van der Waals surface area (Å²) in [6.45, 7) is 8.09. The number of hydrogen-bond donors (Lipinski definition) is 1. The summed E-state index contributed by atoms with van der Waals surface area (Å²) in [7, 11) is -2.94. The first kappa shape index (κ1) is 16.2. The molecule has 0 bridgehead atoms. The van der Waals surface area contributed by atoms with Crippen LogP contribution in [0.15, 0.2) is 0 Å². The van der Waals surface area contributed by atoms with Gasteiger partial charge in [0.2, 0.25) is 0 Å². The summed E-state index contributed by atoms with van der Waals surface area (Å²) < 4.78 is 23.2. The summed E-state index contributed by atoms with van der Waals surface area (Å²) >= 11 is 5.73. The fourth-order valence-electron chi connectivity index (χ4n) is 1.33. The third-order valence-corrected chi connectivity index (χ3v) is 5.48. The Bertz CT molecular complexity index is 290. The number of alkyl halides is 1. The number of sulfone groups is 1. The van der Waals surface area contributed by atoms with Crippen molar-refractivity contribution < 1.29 is 8.42 Å². The molecule has 98 valence electrons. The van der Waals surface area contributed by atoms with Gasteiger partial charge in [-0.3, -0.25) is 0 Å². The smallest absolute Gasteiger partial charge is 0.153 e. The minimum atomic E-state index is -2.94. The third kappa shape index (κ3) is 5.51. The van der Waals surface area contributed by atoms with Crippen molar-refractivity contribution in [1.29, 1.82) is 0 Å². The molecule has 1 atom stereocenters. The van der Waals surface area contributed by atoms with E-state index in [1.54, 1.807) is 13.8 Å². The Balaban J connectivity index is 4.15. The van der Waals surface area contributed by atoms with Gasteiger partial charge in [0, 0.05) is 18.0 Å². The van der Waals surface area contributed by atoms with Gasteiger partial charge in [0.1, 0.15) is 0 Å². The van der Waals surface area contributed by atoms with Crippen molar-refractivity contribution in [1.82, 2.24) is 5.32 Å². The molecule has 0 aliphatic carbocycles. The van der Waals surface area contributed by atoms with Crippen LogP contribution in [0.3, 0.4) is 0 Å². The molecule has 1 N–H and O–H groups in total. The van der Waals surface area contributed by atoms with Crippen LogP contribution in [0.2, 0.25) is 0 Å². The zero-order valence-corrected chi connectivity index (χ0v) is 12.3. The number of nitrogens with one attached hydrogen (secondary N) is 1. The normalized spacial score (nSPS) is 16.4. The fraction of sp³-hybridized carbons (Fsp3) is 1.00. The minimum absolute atomic E-state index is 0.0474. The van der Waals surface area contributed by atoms with E-state index in [9.17, 15) is 8.42 Å². The van der Waals surface area contributed by atoms with Crippen LogP contribution in [0.4, 0.5) is 0 Å². The summed E-state index contributed by atoms with van der Waals surface area (Å²) in [5.41, 5.74) is -0.0474. The second kappa shape index (κ2) is 6.82. The van der Waals surface area contributed by atoms with Gasteiger partial charge in [-0.2, -0.15) is 0 Å². The Morgan fingerprint density at radius 3 is 2.31 bits per heavy atom. The summed E-state index contributed by atoms with van der Waals surface area (Å²) in [6.07, 6.45) is 1.80. The summed E-state index contributed by atoms with van der Waals surface area (Å²) in [5, 5.41) is 3.00. The van der Waals surface area contributed by atoms with Crippen molar-refractivity contribution >= 4 is 21.4 Å². The van der Waals surface area contributed by atoms with Crippen molar-refractivity contribution in [2.75, 3.05) is 18.2 Å². The summed E-state index contributed by atoms with van der Waals surface area (Å²) in [6, 6.07) is 0. The Morgan fingerprint density at radius 1 is 1.38 bits per heavy atom. The molecule has 0 amide bonds. The Hall–Kier alpha value is 0.200. The first-order valence-corrected chi connectivity index (χ1v) is 8.05. The second-order valence-corrected chi connectivity index (χ2v) is 7.75. The zero-order chi connectivity index (χ0) is 12.8. The molecule has 0 aromatic heterocycles. The first-order valence-electron chi connectivity index (χ1n) is 5.80. The van der Waals surface area contributed by atoms with Crippen LogP contribution in [-0.4, -0.2) is 37.4 Å². The number of rotatable bonds is 8. The van der Waals surface area contributed by atoms with Gasteiger partial charge < -0.3 is 5.32 Å². The molecule has 3 nitrogen and oxygen atoms in total. The van der Waals surface area contributed by atoms with E-state index in [0.29, 0.717) is 12.4 Å². The van der Waals surface area contributed by atoms with Crippen LogP contribution in [-0.2, 0) is 9.84 Å². The molecule has 0 rings (SSSR count).